The maximum Gasteiger partial charge on any atom is 0.279 e. The van der Waals surface area contributed by atoms with E-state index in [1.54, 1.807) is 13.8 Å². The molecule has 0 aliphatic rings. The second-order valence-corrected chi connectivity index (χ2v) is 6.42. The van der Waals surface area contributed by atoms with Gasteiger partial charge in [-0.05, 0) is 37.6 Å². The van der Waals surface area contributed by atoms with Crippen molar-refractivity contribution < 1.29 is 13.4 Å². The Morgan fingerprint density at radius 1 is 1.35 bits per heavy atom. The standard InChI is InChI=1S/C15H16FN3O3S/c1-8-9(2)18-19(3)15(21)13(8)14(20)17-10-5-6-12(23(4)22)11(16)7-10/h5-7H,1-4H3,(H,17,20). The van der Waals surface area contributed by atoms with Crippen molar-refractivity contribution in [1.29, 1.82) is 0 Å². The van der Waals surface area contributed by atoms with Crippen LogP contribution in [0.2, 0.25) is 0 Å². The number of aryl methyl sites for hydroxylation is 2. The van der Waals surface area contributed by atoms with Gasteiger partial charge in [0.05, 0.1) is 21.4 Å². The summed E-state index contributed by atoms with van der Waals surface area (Å²) in [5.41, 5.74) is 0.635. The molecule has 0 aliphatic carbocycles. The highest BCUT2D eigenvalue weighted by Crippen LogP contribution is 2.18. The summed E-state index contributed by atoms with van der Waals surface area (Å²) < 4.78 is 26.2. The summed E-state index contributed by atoms with van der Waals surface area (Å²) in [7, 11) is -0.00534. The van der Waals surface area contributed by atoms with Crippen LogP contribution in [0.1, 0.15) is 21.6 Å². The van der Waals surface area contributed by atoms with Crippen LogP contribution >= 0.6 is 0 Å². The number of benzene rings is 1. The molecular formula is C15H16FN3O3S. The van der Waals surface area contributed by atoms with Gasteiger partial charge in [-0.3, -0.25) is 13.8 Å². The Hall–Kier alpha value is -2.35. The largest absolute Gasteiger partial charge is 0.322 e. The maximum absolute atomic E-state index is 13.8. The molecule has 1 amide bonds. The topological polar surface area (TPSA) is 81.1 Å². The minimum atomic E-state index is -1.46. The van der Waals surface area contributed by atoms with Gasteiger partial charge in [-0.1, -0.05) is 0 Å². The van der Waals surface area contributed by atoms with E-state index in [1.165, 1.54) is 25.4 Å². The number of carbonyl (C=O) groups excluding carboxylic acids is 1. The number of carbonyl (C=O) groups is 1. The fourth-order valence-electron chi connectivity index (χ4n) is 2.12. The number of rotatable bonds is 3. The van der Waals surface area contributed by atoms with Crippen molar-refractivity contribution in [2.24, 2.45) is 7.05 Å². The molecule has 0 fully saturated rings. The summed E-state index contributed by atoms with van der Waals surface area (Å²) in [5, 5.41) is 6.48. The summed E-state index contributed by atoms with van der Waals surface area (Å²) in [6.07, 6.45) is 1.36. The van der Waals surface area contributed by atoms with Gasteiger partial charge in [0.1, 0.15) is 11.4 Å². The van der Waals surface area contributed by atoms with Gasteiger partial charge in [0, 0.05) is 19.0 Å². The Morgan fingerprint density at radius 3 is 2.57 bits per heavy atom. The van der Waals surface area contributed by atoms with Crippen LogP contribution in [0.15, 0.2) is 27.9 Å². The van der Waals surface area contributed by atoms with Gasteiger partial charge in [0.2, 0.25) is 0 Å². The number of nitrogens with zero attached hydrogens (tertiary/aromatic N) is 2. The Bertz CT molecular complexity index is 877. The van der Waals surface area contributed by atoms with Gasteiger partial charge >= 0.3 is 0 Å². The average Bonchev–Trinajstić information content (AvgIpc) is 2.45. The fraction of sp³-hybridized carbons (Fsp3) is 0.267. The molecule has 1 aromatic carbocycles. The second-order valence-electron chi connectivity index (χ2n) is 5.07. The molecule has 2 aromatic rings. The molecule has 23 heavy (non-hydrogen) atoms. The highest BCUT2D eigenvalue weighted by Gasteiger charge is 2.18. The maximum atomic E-state index is 13.8. The van der Waals surface area contributed by atoms with Crippen molar-refractivity contribution in [3.05, 3.63) is 51.2 Å². The lowest BCUT2D eigenvalue weighted by molar-refractivity contribution is 0.102. The van der Waals surface area contributed by atoms with E-state index in [1.807, 2.05) is 0 Å². The van der Waals surface area contributed by atoms with Crippen molar-refractivity contribution in [2.45, 2.75) is 18.7 Å². The molecule has 1 N–H and O–H groups in total. The highest BCUT2D eigenvalue weighted by molar-refractivity contribution is 7.84. The van der Waals surface area contributed by atoms with E-state index in [9.17, 15) is 18.2 Å². The summed E-state index contributed by atoms with van der Waals surface area (Å²) in [6, 6.07) is 3.85. The summed E-state index contributed by atoms with van der Waals surface area (Å²) in [6.45, 7) is 3.32. The Morgan fingerprint density at radius 2 is 2.00 bits per heavy atom. The first-order valence-electron chi connectivity index (χ1n) is 6.71. The van der Waals surface area contributed by atoms with E-state index in [0.717, 1.165) is 10.7 Å². The minimum absolute atomic E-state index is 0.0384. The number of halogens is 1. The van der Waals surface area contributed by atoms with Crippen LogP contribution in [0.5, 0.6) is 0 Å². The quantitative estimate of drug-likeness (QED) is 0.921. The lowest BCUT2D eigenvalue weighted by atomic mass is 10.1. The molecule has 0 bridgehead atoms. The van der Waals surface area contributed by atoms with Crippen LogP contribution in [0, 0.1) is 19.7 Å². The van der Waals surface area contributed by atoms with Crippen LogP contribution in [0.3, 0.4) is 0 Å². The first-order valence-corrected chi connectivity index (χ1v) is 8.27. The van der Waals surface area contributed by atoms with Gasteiger partial charge in [-0.15, -0.1) is 0 Å². The van der Waals surface area contributed by atoms with E-state index >= 15 is 0 Å². The fourth-order valence-corrected chi connectivity index (χ4v) is 2.71. The smallest absolute Gasteiger partial charge is 0.279 e. The average molecular weight is 337 g/mol. The van der Waals surface area contributed by atoms with Crippen molar-refractivity contribution >= 4 is 22.4 Å². The van der Waals surface area contributed by atoms with Gasteiger partial charge in [-0.25, -0.2) is 9.07 Å². The molecule has 0 aliphatic heterocycles. The molecule has 0 saturated carbocycles. The van der Waals surface area contributed by atoms with Crippen molar-refractivity contribution in [1.82, 2.24) is 9.78 Å². The van der Waals surface area contributed by atoms with Crippen LogP contribution in [0.4, 0.5) is 10.1 Å². The predicted octanol–water partition coefficient (Wildman–Crippen LogP) is 1.53. The Balaban J connectivity index is 2.39. The molecule has 1 unspecified atom stereocenters. The first kappa shape index (κ1) is 17.0. The van der Waals surface area contributed by atoms with Crippen molar-refractivity contribution in [2.75, 3.05) is 11.6 Å². The lowest BCUT2D eigenvalue weighted by Gasteiger charge is -2.11. The molecule has 1 heterocycles. The number of aromatic nitrogens is 2. The molecule has 0 radical (unpaired) electrons. The van der Waals surface area contributed by atoms with E-state index in [0.29, 0.717) is 11.3 Å². The lowest BCUT2D eigenvalue weighted by Crippen LogP contribution is -2.31. The van der Waals surface area contributed by atoms with Crippen LogP contribution in [-0.2, 0) is 17.8 Å². The summed E-state index contributed by atoms with van der Waals surface area (Å²) in [5.74, 6) is -1.32. The number of amides is 1. The van der Waals surface area contributed by atoms with Crippen molar-refractivity contribution in [3.8, 4) is 0 Å². The molecule has 1 aromatic heterocycles. The van der Waals surface area contributed by atoms with E-state index in [2.05, 4.69) is 10.4 Å². The molecule has 0 spiro atoms. The number of nitrogens with one attached hydrogen (secondary N) is 1. The normalized spacial score (nSPS) is 12.0. The van der Waals surface area contributed by atoms with Gasteiger partial charge in [0.15, 0.2) is 0 Å². The van der Waals surface area contributed by atoms with E-state index in [4.69, 9.17) is 0 Å². The summed E-state index contributed by atoms with van der Waals surface area (Å²) in [4.78, 5) is 24.5. The minimum Gasteiger partial charge on any atom is -0.322 e. The van der Waals surface area contributed by atoms with Crippen LogP contribution in [-0.4, -0.2) is 26.2 Å². The molecule has 122 valence electrons. The molecule has 0 saturated heterocycles. The van der Waals surface area contributed by atoms with Crippen LogP contribution in [0.25, 0.3) is 0 Å². The zero-order valence-corrected chi connectivity index (χ0v) is 14.0. The SMILES string of the molecule is Cc1nn(C)c(=O)c(C(=O)Nc2ccc(S(C)=O)c(F)c2)c1C. The predicted molar refractivity (Wildman–Crippen MR) is 85.6 cm³/mol. The molecule has 8 heteroatoms. The Labute approximate surface area is 134 Å². The van der Waals surface area contributed by atoms with Crippen LogP contribution < -0.4 is 10.9 Å². The summed E-state index contributed by atoms with van der Waals surface area (Å²) >= 11 is 0. The Kier molecular flexibility index (Phi) is 4.74. The monoisotopic (exact) mass is 337 g/mol. The molecule has 2 rings (SSSR count). The van der Waals surface area contributed by atoms with E-state index in [-0.39, 0.29) is 16.1 Å². The van der Waals surface area contributed by atoms with Gasteiger partial charge in [-0.2, -0.15) is 5.10 Å². The number of anilines is 1. The first-order chi connectivity index (χ1) is 10.7. The molecular weight excluding hydrogens is 321 g/mol. The number of hydrogen-bond acceptors (Lipinski definition) is 4. The second kappa shape index (κ2) is 6.41. The van der Waals surface area contributed by atoms with Gasteiger partial charge < -0.3 is 5.32 Å². The third-order valence-electron chi connectivity index (χ3n) is 3.45. The third kappa shape index (κ3) is 3.37. The third-order valence-corrected chi connectivity index (χ3v) is 4.40. The highest BCUT2D eigenvalue weighted by atomic mass is 32.2. The molecule has 6 nitrogen and oxygen atoms in total. The van der Waals surface area contributed by atoms with Crippen molar-refractivity contribution in [3.63, 3.8) is 0 Å². The zero-order valence-electron chi connectivity index (χ0n) is 13.1. The van der Waals surface area contributed by atoms with Gasteiger partial charge in [0.25, 0.3) is 11.5 Å². The molecule has 1 atom stereocenters. The number of hydrogen-bond donors (Lipinski definition) is 1. The zero-order chi connectivity index (χ0) is 17.3. The van der Waals surface area contributed by atoms with E-state index < -0.39 is 28.1 Å².